The van der Waals surface area contributed by atoms with Gasteiger partial charge in [-0.1, -0.05) is 29.8 Å². The maximum absolute atomic E-state index is 10.8. The van der Waals surface area contributed by atoms with Gasteiger partial charge in [-0.25, -0.2) is 0 Å². The van der Waals surface area contributed by atoms with Crippen LogP contribution in [0.4, 0.5) is 5.69 Å². The van der Waals surface area contributed by atoms with E-state index in [2.05, 4.69) is 5.32 Å². The van der Waals surface area contributed by atoms with Gasteiger partial charge >= 0.3 is 0 Å². The minimum absolute atomic E-state index is 0.220. The van der Waals surface area contributed by atoms with Gasteiger partial charge in [0.2, 0.25) is 10.3 Å². The van der Waals surface area contributed by atoms with Crippen molar-refractivity contribution in [3.05, 3.63) is 29.8 Å². The van der Waals surface area contributed by atoms with Crippen molar-refractivity contribution >= 4 is 32.4 Å². The average molecular weight is 216 g/mol. The Bertz CT molecular complexity index is 473. The number of rotatable bonds is 0. The lowest BCUT2D eigenvalue weighted by Crippen LogP contribution is -2.15. The summed E-state index contributed by atoms with van der Waals surface area (Å²) in [5.41, 5.74) is 0.785. The Balaban J connectivity index is 2.74. The minimum Gasteiger partial charge on any atom is -0.364 e. The van der Waals surface area contributed by atoms with Gasteiger partial charge in [0, 0.05) is 11.3 Å². The Hall–Kier alpha value is -1.00. The highest BCUT2D eigenvalue weighted by Crippen LogP contribution is 2.26. The number of hydrogen-bond acceptors (Lipinski definition) is 3. The van der Waals surface area contributed by atoms with E-state index in [1.54, 1.807) is 18.2 Å². The number of nitrogens with one attached hydrogen (secondary N) is 1. The van der Waals surface area contributed by atoms with E-state index in [4.69, 9.17) is 11.6 Å². The number of anilines is 1. The summed E-state index contributed by atoms with van der Waals surface area (Å²) in [5.74, 6) is 0. The molecule has 1 aliphatic rings. The molecule has 0 radical (unpaired) electrons. The first-order valence-electron chi connectivity index (χ1n) is 3.66. The van der Waals surface area contributed by atoms with Crippen molar-refractivity contribution in [1.82, 2.24) is 0 Å². The molecule has 1 aromatic rings. The molecule has 0 bridgehead atoms. The lowest BCUT2D eigenvalue weighted by Gasteiger charge is -1.97. The summed E-state index contributed by atoms with van der Waals surface area (Å²) in [7, 11) is -2.26. The summed E-state index contributed by atoms with van der Waals surface area (Å²) in [5, 5.41) is 2.86. The van der Waals surface area contributed by atoms with Gasteiger partial charge < -0.3 is 5.32 Å². The highest BCUT2D eigenvalue weighted by atomic mass is 35.5. The minimum atomic E-state index is -2.26. The summed E-state index contributed by atoms with van der Waals surface area (Å²) in [6.07, 6.45) is 0. The van der Waals surface area contributed by atoms with Gasteiger partial charge in [0.25, 0.3) is 0 Å². The number of fused-ring (bicyclic) bond motifs is 1. The number of alkyl halides is 1. The first-order chi connectivity index (χ1) is 6.20. The van der Waals surface area contributed by atoms with Crippen LogP contribution in [0.25, 0.3) is 0 Å². The van der Waals surface area contributed by atoms with Gasteiger partial charge in [0.15, 0.2) is 0 Å². The number of hydrogen-bond donors (Lipinski definition) is 1. The fourth-order valence-corrected chi connectivity index (χ4v) is 2.38. The predicted molar refractivity (Wildman–Crippen MR) is 52.7 cm³/mol. The van der Waals surface area contributed by atoms with Crippen molar-refractivity contribution in [3.8, 4) is 0 Å². The van der Waals surface area contributed by atoms with Crippen LogP contribution >= 0.6 is 11.6 Å². The molecular formula is C8H6ClNO2S. The second kappa shape index (κ2) is 3.05. The maximum Gasteiger partial charge on any atom is 0.221 e. The zero-order chi connectivity index (χ0) is 9.42. The Morgan fingerprint density at radius 1 is 1.31 bits per heavy atom. The molecule has 0 fully saturated rings. The Kier molecular flexibility index (Phi) is 2.01. The fourth-order valence-electron chi connectivity index (χ4n) is 1.34. The highest BCUT2D eigenvalue weighted by molar-refractivity contribution is 7.73. The molecule has 2 rings (SSSR count). The van der Waals surface area contributed by atoms with Crippen molar-refractivity contribution in [3.63, 3.8) is 0 Å². The lowest BCUT2D eigenvalue weighted by molar-refractivity contribution is 0.627. The third-order valence-electron chi connectivity index (χ3n) is 1.88. The van der Waals surface area contributed by atoms with E-state index in [9.17, 15) is 8.42 Å². The molecular weight excluding hydrogens is 210 g/mol. The zero-order valence-corrected chi connectivity index (χ0v) is 8.06. The second-order valence-electron chi connectivity index (χ2n) is 2.65. The van der Waals surface area contributed by atoms with Gasteiger partial charge in [-0.2, -0.15) is 8.42 Å². The molecule has 1 atom stereocenters. The van der Waals surface area contributed by atoms with E-state index in [0.29, 0.717) is 5.56 Å². The molecule has 0 spiro atoms. The van der Waals surface area contributed by atoms with Crippen molar-refractivity contribution in [2.45, 2.75) is 5.50 Å². The van der Waals surface area contributed by atoms with Crippen molar-refractivity contribution in [1.29, 1.82) is 0 Å². The van der Waals surface area contributed by atoms with Crippen LogP contribution in [0, 0.1) is 0 Å². The largest absolute Gasteiger partial charge is 0.364 e. The second-order valence-corrected chi connectivity index (χ2v) is 4.00. The first-order valence-corrected chi connectivity index (χ1v) is 5.17. The number of halogens is 1. The summed E-state index contributed by atoms with van der Waals surface area (Å²) >= 11 is 5.80. The highest BCUT2D eigenvalue weighted by Gasteiger charge is 2.26. The first kappa shape index (κ1) is 8.59. The molecule has 3 nitrogen and oxygen atoms in total. The standard InChI is InChI=1S/C8H6ClNO2S/c9-8-7(13(11)12)5-3-1-2-4-6(5)10-8/h1-4,8,10H. The number of para-hydroxylation sites is 1. The van der Waals surface area contributed by atoms with Crippen molar-refractivity contribution < 1.29 is 8.42 Å². The van der Waals surface area contributed by atoms with Crippen LogP contribution < -0.4 is 5.32 Å². The topological polar surface area (TPSA) is 46.2 Å². The summed E-state index contributed by atoms with van der Waals surface area (Å²) in [6.45, 7) is 0. The average Bonchev–Trinajstić information content (AvgIpc) is 2.39. The molecule has 0 saturated heterocycles. The van der Waals surface area contributed by atoms with Crippen LogP contribution in [0.5, 0.6) is 0 Å². The Labute approximate surface area is 81.9 Å². The monoisotopic (exact) mass is 215 g/mol. The fraction of sp³-hybridized carbons (Fsp3) is 0.125. The van der Waals surface area contributed by atoms with Gasteiger partial charge in [-0.15, -0.1) is 0 Å². The van der Waals surface area contributed by atoms with Crippen LogP contribution in [-0.4, -0.2) is 18.8 Å². The van der Waals surface area contributed by atoms with Crippen molar-refractivity contribution in [2.75, 3.05) is 5.32 Å². The predicted octanol–water partition coefficient (Wildman–Crippen LogP) is 1.08. The van der Waals surface area contributed by atoms with E-state index < -0.39 is 15.8 Å². The third-order valence-corrected chi connectivity index (χ3v) is 3.16. The van der Waals surface area contributed by atoms with E-state index in [0.717, 1.165) is 5.69 Å². The van der Waals surface area contributed by atoms with Crippen molar-refractivity contribution in [2.24, 2.45) is 0 Å². The summed E-state index contributed by atoms with van der Waals surface area (Å²) in [6, 6.07) is 7.13. The molecule has 1 N–H and O–H groups in total. The molecule has 0 aliphatic carbocycles. The van der Waals surface area contributed by atoms with Crippen LogP contribution in [-0.2, 0) is 10.3 Å². The van der Waals surface area contributed by atoms with E-state index >= 15 is 0 Å². The smallest absolute Gasteiger partial charge is 0.221 e. The lowest BCUT2D eigenvalue weighted by atomic mass is 10.2. The van der Waals surface area contributed by atoms with Gasteiger partial charge in [-0.3, -0.25) is 0 Å². The molecule has 0 aromatic heterocycles. The molecule has 1 heterocycles. The van der Waals surface area contributed by atoms with E-state index in [-0.39, 0.29) is 4.86 Å². The van der Waals surface area contributed by atoms with Crippen LogP contribution in [0.3, 0.4) is 0 Å². The number of benzene rings is 1. The maximum atomic E-state index is 10.8. The Morgan fingerprint density at radius 2 is 2.00 bits per heavy atom. The molecule has 1 aliphatic heterocycles. The van der Waals surface area contributed by atoms with E-state index in [1.165, 1.54) is 0 Å². The van der Waals surface area contributed by atoms with Gasteiger partial charge in [0.1, 0.15) is 10.4 Å². The van der Waals surface area contributed by atoms with Gasteiger partial charge in [-0.05, 0) is 6.07 Å². The quantitative estimate of drug-likeness (QED) is 0.400. The molecule has 0 amide bonds. The molecule has 13 heavy (non-hydrogen) atoms. The molecule has 0 saturated carbocycles. The van der Waals surface area contributed by atoms with Gasteiger partial charge in [0.05, 0.1) is 0 Å². The molecule has 1 unspecified atom stereocenters. The molecule has 68 valence electrons. The van der Waals surface area contributed by atoms with Crippen LogP contribution in [0.2, 0.25) is 0 Å². The Morgan fingerprint density at radius 3 is 2.69 bits per heavy atom. The molecule has 1 aromatic carbocycles. The van der Waals surface area contributed by atoms with E-state index in [1.807, 2.05) is 6.07 Å². The summed E-state index contributed by atoms with van der Waals surface area (Å²) in [4.78, 5) is 0.220. The van der Waals surface area contributed by atoms with Crippen LogP contribution in [0.15, 0.2) is 24.3 Å². The SMILES string of the molecule is O=S(=O)=C1c2ccccc2NC1Cl. The molecule has 5 heteroatoms. The third kappa shape index (κ3) is 1.32. The van der Waals surface area contributed by atoms with Crippen LogP contribution in [0.1, 0.15) is 5.56 Å². The zero-order valence-electron chi connectivity index (χ0n) is 6.49. The summed E-state index contributed by atoms with van der Waals surface area (Å²) < 4.78 is 21.6. The normalized spacial score (nSPS) is 19.5.